The lowest BCUT2D eigenvalue weighted by Crippen LogP contribution is -2.26. The highest BCUT2D eigenvalue weighted by Crippen LogP contribution is 2.04. The third kappa shape index (κ3) is 4.64. The van der Waals surface area contributed by atoms with Gasteiger partial charge in [0.2, 0.25) is 0 Å². The van der Waals surface area contributed by atoms with E-state index in [0.717, 1.165) is 12.1 Å². The molecule has 0 aliphatic carbocycles. The second kappa shape index (κ2) is 6.81. The summed E-state index contributed by atoms with van der Waals surface area (Å²) in [5.41, 5.74) is 2.25. The fraction of sp³-hybridized carbons (Fsp3) is 0.250. The van der Waals surface area contributed by atoms with Gasteiger partial charge in [0, 0.05) is 25.4 Å². The fourth-order valence-corrected chi connectivity index (χ4v) is 2.04. The van der Waals surface area contributed by atoms with Crippen LogP contribution >= 0.6 is 0 Å². The predicted octanol–water partition coefficient (Wildman–Crippen LogP) is 2.33. The van der Waals surface area contributed by atoms with E-state index < -0.39 is 0 Å². The van der Waals surface area contributed by atoms with Crippen molar-refractivity contribution >= 4 is 5.78 Å². The first-order valence-electron chi connectivity index (χ1n) is 6.37. The van der Waals surface area contributed by atoms with E-state index in [2.05, 4.69) is 4.98 Å². The molecular formula is C16H18N2O. The minimum atomic E-state index is 0.239. The molecule has 0 aliphatic heterocycles. The molecule has 0 spiro atoms. The smallest absolute Gasteiger partial charge is 0.151 e. The van der Waals surface area contributed by atoms with Gasteiger partial charge in [-0.05, 0) is 30.3 Å². The van der Waals surface area contributed by atoms with Crippen molar-refractivity contribution in [2.24, 2.45) is 0 Å². The molecule has 0 radical (unpaired) electrons. The topological polar surface area (TPSA) is 33.2 Å². The van der Waals surface area contributed by atoms with Crippen molar-refractivity contribution in [2.75, 3.05) is 13.6 Å². The molecule has 0 saturated carbocycles. The number of ketones is 1. The molecular weight excluding hydrogens is 236 g/mol. The van der Waals surface area contributed by atoms with E-state index in [9.17, 15) is 4.79 Å². The van der Waals surface area contributed by atoms with Gasteiger partial charge < -0.3 is 0 Å². The van der Waals surface area contributed by atoms with Gasteiger partial charge in [-0.3, -0.25) is 14.7 Å². The molecule has 0 bridgehead atoms. The molecule has 3 nitrogen and oxygen atoms in total. The zero-order chi connectivity index (χ0) is 13.5. The van der Waals surface area contributed by atoms with Gasteiger partial charge in [-0.25, -0.2) is 0 Å². The standard InChI is InChI=1S/C16H18N2O/c1-18(12-15-7-9-17-10-8-15)13-16(19)11-14-5-3-2-4-6-14/h2-10H,11-13H2,1H3. The Morgan fingerprint density at radius 3 is 2.42 bits per heavy atom. The summed E-state index contributed by atoms with van der Waals surface area (Å²) >= 11 is 0. The Morgan fingerprint density at radius 2 is 1.74 bits per heavy atom. The number of rotatable bonds is 6. The van der Waals surface area contributed by atoms with Crippen LogP contribution < -0.4 is 0 Å². The molecule has 0 atom stereocenters. The summed E-state index contributed by atoms with van der Waals surface area (Å²) in [5, 5.41) is 0. The van der Waals surface area contributed by atoms with Crippen LogP contribution in [-0.4, -0.2) is 29.3 Å². The van der Waals surface area contributed by atoms with Gasteiger partial charge in [-0.2, -0.15) is 0 Å². The van der Waals surface area contributed by atoms with Crippen LogP contribution in [0.2, 0.25) is 0 Å². The molecule has 1 aromatic carbocycles. The number of Topliss-reactive ketones (excluding diaryl/α,β-unsaturated/α-hetero) is 1. The molecule has 0 amide bonds. The van der Waals surface area contributed by atoms with E-state index in [1.54, 1.807) is 12.4 Å². The highest BCUT2D eigenvalue weighted by Gasteiger charge is 2.08. The largest absolute Gasteiger partial charge is 0.298 e. The third-order valence-electron chi connectivity index (χ3n) is 2.89. The zero-order valence-corrected chi connectivity index (χ0v) is 11.1. The molecule has 0 fully saturated rings. The van der Waals surface area contributed by atoms with Crippen molar-refractivity contribution in [3.63, 3.8) is 0 Å². The number of likely N-dealkylation sites (N-methyl/N-ethyl adjacent to an activating group) is 1. The molecule has 1 heterocycles. The monoisotopic (exact) mass is 254 g/mol. The summed E-state index contributed by atoms with van der Waals surface area (Å²) in [7, 11) is 1.96. The Balaban J connectivity index is 1.82. The van der Waals surface area contributed by atoms with Crippen LogP contribution in [0.1, 0.15) is 11.1 Å². The lowest BCUT2D eigenvalue weighted by Gasteiger charge is -2.15. The molecule has 0 aliphatic rings. The number of nitrogens with zero attached hydrogens (tertiary/aromatic N) is 2. The van der Waals surface area contributed by atoms with E-state index in [1.165, 1.54) is 5.56 Å². The SMILES string of the molecule is CN(CC(=O)Cc1ccccc1)Cc1ccncc1. The molecule has 0 saturated heterocycles. The fourth-order valence-electron chi connectivity index (χ4n) is 2.04. The minimum Gasteiger partial charge on any atom is -0.298 e. The molecule has 2 aromatic rings. The lowest BCUT2D eigenvalue weighted by atomic mass is 10.1. The van der Waals surface area contributed by atoms with Crippen LogP contribution in [0.25, 0.3) is 0 Å². The number of pyridine rings is 1. The quantitative estimate of drug-likeness (QED) is 0.793. The van der Waals surface area contributed by atoms with E-state index >= 15 is 0 Å². The Labute approximate surface area is 113 Å². The van der Waals surface area contributed by atoms with Crippen molar-refractivity contribution in [3.05, 3.63) is 66.0 Å². The van der Waals surface area contributed by atoms with Crippen LogP contribution in [0.4, 0.5) is 0 Å². The Hall–Kier alpha value is -2.00. The number of hydrogen-bond donors (Lipinski definition) is 0. The number of benzene rings is 1. The molecule has 3 heteroatoms. The maximum atomic E-state index is 12.0. The van der Waals surface area contributed by atoms with Crippen molar-refractivity contribution in [1.29, 1.82) is 0 Å². The normalized spacial score (nSPS) is 10.6. The number of hydrogen-bond acceptors (Lipinski definition) is 3. The number of carbonyl (C=O) groups excluding carboxylic acids is 1. The minimum absolute atomic E-state index is 0.239. The van der Waals surface area contributed by atoms with E-state index in [0.29, 0.717) is 13.0 Å². The van der Waals surface area contributed by atoms with Crippen LogP contribution in [-0.2, 0) is 17.8 Å². The highest BCUT2D eigenvalue weighted by atomic mass is 16.1. The van der Waals surface area contributed by atoms with Crippen LogP contribution in [0.5, 0.6) is 0 Å². The average Bonchev–Trinajstić information content (AvgIpc) is 2.40. The summed E-state index contributed by atoms with van der Waals surface area (Å²) in [4.78, 5) is 18.0. The molecule has 98 valence electrons. The van der Waals surface area contributed by atoms with Gasteiger partial charge in [0.1, 0.15) is 0 Å². The first-order chi connectivity index (χ1) is 9.24. The second-order valence-electron chi connectivity index (χ2n) is 4.73. The first-order valence-corrected chi connectivity index (χ1v) is 6.37. The number of aromatic nitrogens is 1. The van der Waals surface area contributed by atoms with Crippen LogP contribution in [0, 0.1) is 0 Å². The molecule has 19 heavy (non-hydrogen) atoms. The zero-order valence-electron chi connectivity index (χ0n) is 11.1. The van der Waals surface area contributed by atoms with Gasteiger partial charge >= 0.3 is 0 Å². The van der Waals surface area contributed by atoms with Crippen LogP contribution in [0.15, 0.2) is 54.9 Å². The van der Waals surface area contributed by atoms with Gasteiger partial charge in [0.25, 0.3) is 0 Å². The molecule has 1 aromatic heterocycles. The van der Waals surface area contributed by atoms with Crippen molar-refractivity contribution < 1.29 is 4.79 Å². The van der Waals surface area contributed by atoms with Crippen molar-refractivity contribution in [1.82, 2.24) is 9.88 Å². The maximum Gasteiger partial charge on any atom is 0.151 e. The maximum absolute atomic E-state index is 12.0. The van der Waals surface area contributed by atoms with Gasteiger partial charge in [-0.15, -0.1) is 0 Å². The van der Waals surface area contributed by atoms with Crippen LogP contribution in [0.3, 0.4) is 0 Å². The predicted molar refractivity (Wildman–Crippen MR) is 75.7 cm³/mol. The van der Waals surface area contributed by atoms with E-state index in [4.69, 9.17) is 0 Å². The Kier molecular flexibility index (Phi) is 4.81. The average molecular weight is 254 g/mol. The molecule has 0 N–H and O–H groups in total. The summed E-state index contributed by atoms with van der Waals surface area (Å²) < 4.78 is 0. The summed E-state index contributed by atoms with van der Waals surface area (Å²) in [6.07, 6.45) is 4.05. The molecule has 2 rings (SSSR count). The lowest BCUT2D eigenvalue weighted by molar-refractivity contribution is -0.119. The van der Waals surface area contributed by atoms with Gasteiger partial charge in [-0.1, -0.05) is 30.3 Å². The summed E-state index contributed by atoms with van der Waals surface area (Å²) in [6, 6.07) is 13.8. The third-order valence-corrected chi connectivity index (χ3v) is 2.89. The highest BCUT2D eigenvalue weighted by molar-refractivity contribution is 5.82. The molecule has 0 unspecified atom stereocenters. The second-order valence-corrected chi connectivity index (χ2v) is 4.73. The number of carbonyl (C=O) groups is 1. The van der Waals surface area contributed by atoms with Crippen molar-refractivity contribution in [3.8, 4) is 0 Å². The summed E-state index contributed by atoms with van der Waals surface area (Å²) in [5.74, 6) is 0.239. The van der Waals surface area contributed by atoms with Gasteiger partial charge in [0.05, 0.1) is 6.54 Å². The summed E-state index contributed by atoms with van der Waals surface area (Å²) in [6.45, 7) is 1.24. The Bertz CT molecular complexity index is 511. The van der Waals surface area contributed by atoms with E-state index in [1.807, 2.05) is 54.4 Å². The van der Waals surface area contributed by atoms with E-state index in [-0.39, 0.29) is 5.78 Å². The Morgan fingerprint density at radius 1 is 1.05 bits per heavy atom. The van der Waals surface area contributed by atoms with Crippen molar-refractivity contribution in [2.45, 2.75) is 13.0 Å². The first kappa shape index (κ1) is 13.4. The van der Waals surface area contributed by atoms with Gasteiger partial charge in [0.15, 0.2) is 5.78 Å².